The van der Waals surface area contributed by atoms with E-state index in [1.54, 1.807) is 0 Å². The van der Waals surface area contributed by atoms with E-state index in [9.17, 15) is 9.59 Å². The average Bonchev–Trinajstić information content (AvgIpc) is 2.08. The van der Waals surface area contributed by atoms with Gasteiger partial charge in [0.2, 0.25) is 0 Å². The van der Waals surface area contributed by atoms with E-state index in [-0.39, 0.29) is 11.4 Å². The summed E-state index contributed by atoms with van der Waals surface area (Å²) < 4.78 is 0. The summed E-state index contributed by atoms with van der Waals surface area (Å²) in [5.41, 5.74) is 0.554. The number of aliphatic hydroxyl groups is 1. The predicted octanol–water partition coefficient (Wildman–Crippen LogP) is 1.19. The third kappa shape index (κ3) is 2.18. The zero-order valence-corrected chi connectivity index (χ0v) is 6.99. The van der Waals surface area contributed by atoms with Crippen molar-refractivity contribution >= 4 is 11.8 Å². The summed E-state index contributed by atoms with van der Waals surface area (Å²) in [6, 6.07) is 0. The molecular weight excluding hydrogens is 172 g/mol. The highest BCUT2D eigenvalue weighted by Crippen LogP contribution is 2.23. The van der Waals surface area contributed by atoms with Crippen LogP contribution in [-0.2, 0) is 9.59 Å². The highest BCUT2D eigenvalue weighted by molar-refractivity contribution is 6.11. The molecule has 0 bridgehead atoms. The maximum Gasteiger partial charge on any atom is 0.328 e. The van der Waals surface area contributed by atoms with Crippen LogP contribution in [-0.4, -0.2) is 22.0 Å². The van der Waals surface area contributed by atoms with Crippen molar-refractivity contribution in [2.24, 2.45) is 0 Å². The van der Waals surface area contributed by atoms with Gasteiger partial charge in [0.15, 0.2) is 5.78 Å². The van der Waals surface area contributed by atoms with Crippen LogP contribution in [0.5, 0.6) is 0 Å². The number of ketones is 1. The molecule has 1 aliphatic carbocycles. The van der Waals surface area contributed by atoms with Crippen molar-refractivity contribution < 1.29 is 19.8 Å². The van der Waals surface area contributed by atoms with E-state index in [4.69, 9.17) is 10.2 Å². The first-order valence-corrected chi connectivity index (χ1v) is 3.96. The van der Waals surface area contributed by atoms with Gasteiger partial charge in [-0.05, 0) is 19.3 Å². The molecule has 1 rings (SSSR count). The summed E-state index contributed by atoms with van der Waals surface area (Å²) in [6.45, 7) is 0. The second-order valence-corrected chi connectivity index (χ2v) is 2.84. The Morgan fingerprint density at radius 2 is 1.92 bits per heavy atom. The summed E-state index contributed by atoms with van der Waals surface area (Å²) in [4.78, 5) is 21.6. The molecule has 0 spiro atoms. The number of aliphatic carboxylic acids is 1. The summed E-state index contributed by atoms with van der Waals surface area (Å²) in [7, 11) is 0. The van der Waals surface area contributed by atoms with E-state index < -0.39 is 5.97 Å². The van der Waals surface area contributed by atoms with Crippen molar-refractivity contribution in [3.63, 3.8) is 0 Å². The molecular formula is C9H10O4. The van der Waals surface area contributed by atoms with E-state index in [1.807, 2.05) is 0 Å². The van der Waals surface area contributed by atoms with Crippen LogP contribution in [0, 0.1) is 0 Å². The van der Waals surface area contributed by atoms with E-state index in [0.717, 1.165) is 12.3 Å². The molecule has 0 radical (unpaired) electrons. The van der Waals surface area contributed by atoms with Crippen LogP contribution in [0.25, 0.3) is 0 Å². The fourth-order valence-electron chi connectivity index (χ4n) is 1.31. The highest BCUT2D eigenvalue weighted by atomic mass is 16.4. The van der Waals surface area contributed by atoms with Crippen LogP contribution in [0.15, 0.2) is 23.5 Å². The average molecular weight is 182 g/mol. The van der Waals surface area contributed by atoms with E-state index in [1.165, 1.54) is 0 Å². The largest absolute Gasteiger partial charge is 0.515 e. The number of carboxylic acids is 1. The first-order chi connectivity index (χ1) is 6.15. The van der Waals surface area contributed by atoms with Crippen molar-refractivity contribution in [1.29, 1.82) is 0 Å². The van der Waals surface area contributed by atoms with Gasteiger partial charge in [-0.1, -0.05) is 0 Å². The maximum absolute atomic E-state index is 11.3. The van der Waals surface area contributed by atoms with Crippen molar-refractivity contribution in [1.82, 2.24) is 0 Å². The molecule has 13 heavy (non-hydrogen) atoms. The minimum atomic E-state index is -1.12. The molecule has 4 heteroatoms. The van der Waals surface area contributed by atoms with Crippen LogP contribution in [0.3, 0.4) is 0 Å². The van der Waals surface area contributed by atoms with Gasteiger partial charge < -0.3 is 10.2 Å². The molecule has 0 amide bonds. The summed E-state index contributed by atoms with van der Waals surface area (Å²) in [6.07, 6.45) is 3.37. The van der Waals surface area contributed by atoms with Gasteiger partial charge in [0.1, 0.15) is 0 Å². The standard InChI is InChI=1S/C9H10O4/c10-5-7-3-1-2-6(9(7)13)4-8(11)12/h4-5,10H,1-3H2,(H,11,12)/b6-4?,7-5+. The molecule has 0 aromatic heterocycles. The second-order valence-electron chi connectivity index (χ2n) is 2.84. The van der Waals surface area contributed by atoms with E-state index in [2.05, 4.69) is 0 Å². The fourth-order valence-corrected chi connectivity index (χ4v) is 1.31. The Balaban J connectivity index is 2.89. The van der Waals surface area contributed by atoms with Crippen LogP contribution in [0.1, 0.15) is 19.3 Å². The van der Waals surface area contributed by atoms with Crippen molar-refractivity contribution in [2.75, 3.05) is 0 Å². The molecule has 0 aliphatic heterocycles. The minimum absolute atomic E-state index is 0.263. The van der Waals surface area contributed by atoms with Gasteiger partial charge in [0.05, 0.1) is 6.26 Å². The summed E-state index contributed by atoms with van der Waals surface area (Å²) in [5.74, 6) is -1.47. The quantitative estimate of drug-likeness (QED) is 0.472. The Morgan fingerprint density at radius 3 is 2.46 bits per heavy atom. The minimum Gasteiger partial charge on any atom is -0.515 e. The summed E-state index contributed by atoms with van der Waals surface area (Å²) >= 11 is 0. The molecule has 0 saturated heterocycles. The molecule has 2 N–H and O–H groups in total. The molecule has 0 aromatic carbocycles. The number of Topliss-reactive ketones (excluding diaryl/α,β-unsaturated/α-hetero) is 1. The Bertz CT molecular complexity index is 299. The lowest BCUT2D eigenvalue weighted by atomic mass is 9.89. The second kappa shape index (κ2) is 3.89. The first kappa shape index (κ1) is 9.51. The molecule has 0 heterocycles. The monoisotopic (exact) mass is 182 g/mol. The first-order valence-electron chi connectivity index (χ1n) is 3.96. The smallest absolute Gasteiger partial charge is 0.328 e. The lowest BCUT2D eigenvalue weighted by Gasteiger charge is -2.13. The number of carbonyl (C=O) groups excluding carboxylic acids is 1. The van der Waals surface area contributed by atoms with E-state index in [0.29, 0.717) is 24.8 Å². The third-order valence-electron chi connectivity index (χ3n) is 1.93. The van der Waals surface area contributed by atoms with Crippen LogP contribution in [0.2, 0.25) is 0 Å². The molecule has 0 atom stereocenters. The number of rotatable bonds is 1. The van der Waals surface area contributed by atoms with E-state index >= 15 is 0 Å². The normalized spacial score (nSPS) is 23.8. The van der Waals surface area contributed by atoms with Crippen LogP contribution >= 0.6 is 0 Å². The lowest BCUT2D eigenvalue weighted by molar-refractivity contribution is -0.131. The van der Waals surface area contributed by atoms with Crippen molar-refractivity contribution in [3.05, 3.63) is 23.5 Å². The molecule has 1 aliphatic rings. The Kier molecular flexibility index (Phi) is 2.84. The zero-order valence-electron chi connectivity index (χ0n) is 6.99. The number of hydrogen-bond acceptors (Lipinski definition) is 3. The number of hydrogen-bond donors (Lipinski definition) is 2. The molecule has 1 saturated carbocycles. The van der Waals surface area contributed by atoms with Gasteiger partial charge in [-0.25, -0.2) is 4.79 Å². The molecule has 70 valence electrons. The molecule has 1 fully saturated rings. The van der Waals surface area contributed by atoms with Gasteiger partial charge in [-0.15, -0.1) is 0 Å². The van der Waals surface area contributed by atoms with Crippen LogP contribution < -0.4 is 0 Å². The van der Waals surface area contributed by atoms with Gasteiger partial charge in [-0.3, -0.25) is 4.79 Å². The Labute approximate surface area is 75.2 Å². The number of carboxylic acid groups (broad SMARTS) is 1. The fraction of sp³-hybridized carbons (Fsp3) is 0.333. The Morgan fingerprint density at radius 1 is 1.31 bits per heavy atom. The molecule has 4 nitrogen and oxygen atoms in total. The topological polar surface area (TPSA) is 74.6 Å². The van der Waals surface area contributed by atoms with Crippen molar-refractivity contribution in [3.8, 4) is 0 Å². The third-order valence-corrected chi connectivity index (χ3v) is 1.93. The van der Waals surface area contributed by atoms with Gasteiger partial charge in [0.25, 0.3) is 0 Å². The number of aliphatic hydroxyl groups excluding tert-OH is 1. The predicted molar refractivity (Wildman–Crippen MR) is 45.3 cm³/mol. The zero-order chi connectivity index (χ0) is 9.84. The highest BCUT2D eigenvalue weighted by Gasteiger charge is 2.21. The molecule has 0 aromatic rings. The Hall–Kier alpha value is -1.58. The SMILES string of the molecule is O=C(O)C=C1CCC/C(=C\O)C1=O. The van der Waals surface area contributed by atoms with Gasteiger partial charge in [0, 0.05) is 17.2 Å². The van der Waals surface area contributed by atoms with Crippen LogP contribution in [0.4, 0.5) is 0 Å². The maximum atomic E-state index is 11.3. The lowest BCUT2D eigenvalue weighted by Crippen LogP contribution is -2.13. The number of carbonyl (C=O) groups is 2. The van der Waals surface area contributed by atoms with Crippen molar-refractivity contribution in [2.45, 2.75) is 19.3 Å². The van der Waals surface area contributed by atoms with Gasteiger partial charge in [-0.2, -0.15) is 0 Å². The summed E-state index contributed by atoms with van der Waals surface area (Å²) in [5, 5.41) is 17.1. The van der Waals surface area contributed by atoms with Gasteiger partial charge >= 0.3 is 5.97 Å². The molecule has 0 unspecified atom stereocenters. The number of allylic oxidation sites excluding steroid dienone is 2.